The second-order valence-electron chi connectivity index (χ2n) is 9.52. The number of aliphatic carboxylic acids is 1. The standard InChI is InChI=1S/C23H44N8O6/c1-5-13(4)18(21(35)29-15(22(36)37)7-6-10-28-23(26)27)31-20(34)16(11-12(2)3)30-19(33)14(24)8-9-17(25)32/h12-16,18H,5-11,24H2,1-4H3,(H2,25,32)(H,29,35)(H,30,33)(H,31,34)(H,36,37)(H4,26,27,28). The molecule has 0 aliphatic heterocycles. The number of carbonyl (C=O) groups excluding carboxylic acids is 4. The van der Waals surface area contributed by atoms with Crippen molar-refractivity contribution in [3.05, 3.63) is 0 Å². The van der Waals surface area contributed by atoms with Crippen LogP contribution in [0.15, 0.2) is 4.99 Å². The number of hydrogen-bond acceptors (Lipinski definition) is 7. The van der Waals surface area contributed by atoms with Crippen LogP contribution in [-0.4, -0.2) is 71.4 Å². The van der Waals surface area contributed by atoms with Crippen molar-refractivity contribution in [3.63, 3.8) is 0 Å². The summed E-state index contributed by atoms with van der Waals surface area (Å²) >= 11 is 0. The minimum Gasteiger partial charge on any atom is -0.480 e. The number of rotatable bonds is 18. The van der Waals surface area contributed by atoms with Crippen molar-refractivity contribution in [1.29, 1.82) is 0 Å². The smallest absolute Gasteiger partial charge is 0.326 e. The zero-order chi connectivity index (χ0) is 28.7. The molecule has 0 heterocycles. The third-order valence-corrected chi connectivity index (χ3v) is 5.73. The van der Waals surface area contributed by atoms with E-state index in [-0.39, 0.29) is 50.0 Å². The van der Waals surface area contributed by atoms with Crippen LogP contribution < -0.4 is 38.9 Å². The highest BCUT2D eigenvalue weighted by atomic mass is 16.4. The monoisotopic (exact) mass is 528 g/mol. The first-order valence-electron chi connectivity index (χ1n) is 12.4. The van der Waals surface area contributed by atoms with Crippen LogP contribution in [0.5, 0.6) is 0 Å². The van der Waals surface area contributed by atoms with Gasteiger partial charge in [-0.3, -0.25) is 24.2 Å². The molecule has 5 unspecified atom stereocenters. The first kappa shape index (κ1) is 33.6. The Labute approximate surface area is 217 Å². The van der Waals surface area contributed by atoms with Gasteiger partial charge in [-0.2, -0.15) is 0 Å². The highest BCUT2D eigenvalue weighted by Crippen LogP contribution is 2.12. The van der Waals surface area contributed by atoms with Crippen LogP contribution >= 0.6 is 0 Å². The summed E-state index contributed by atoms with van der Waals surface area (Å²) in [5.41, 5.74) is 21.4. The van der Waals surface area contributed by atoms with Gasteiger partial charge in [-0.1, -0.05) is 34.1 Å². The number of nitrogens with two attached hydrogens (primary N) is 4. The van der Waals surface area contributed by atoms with E-state index in [0.29, 0.717) is 12.8 Å². The van der Waals surface area contributed by atoms with Crippen LogP contribution in [0.2, 0.25) is 0 Å². The summed E-state index contributed by atoms with van der Waals surface area (Å²) in [5.74, 6) is -4.18. The molecule has 0 aromatic heterocycles. The van der Waals surface area contributed by atoms with Gasteiger partial charge >= 0.3 is 5.97 Å². The topological polar surface area (TPSA) is 258 Å². The van der Waals surface area contributed by atoms with Crippen molar-refractivity contribution in [2.75, 3.05) is 6.54 Å². The lowest BCUT2D eigenvalue weighted by Crippen LogP contribution is -2.58. The second-order valence-corrected chi connectivity index (χ2v) is 9.52. The Hall–Kier alpha value is -3.42. The molecule has 0 saturated heterocycles. The third-order valence-electron chi connectivity index (χ3n) is 5.73. The SMILES string of the molecule is CCC(C)C(NC(=O)C(CC(C)C)NC(=O)C(N)CCC(N)=O)C(=O)NC(CCCN=C(N)N)C(=O)O. The molecule has 0 rings (SSSR count). The fourth-order valence-electron chi connectivity index (χ4n) is 3.39. The highest BCUT2D eigenvalue weighted by molar-refractivity contribution is 5.94. The predicted molar refractivity (Wildman–Crippen MR) is 139 cm³/mol. The number of carboxylic acid groups (broad SMARTS) is 1. The molecule has 0 aromatic rings. The maximum Gasteiger partial charge on any atom is 0.326 e. The van der Waals surface area contributed by atoms with E-state index in [0.717, 1.165) is 0 Å². The van der Waals surface area contributed by atoms with Gasteiger partial charge < -0.3 is 44.0 Å². The molecule has 12 N–H and O–H groups in total. The molecule has 37 heavy (non-hydrogen) atoms. The van der Waals surface area contributed by atoms with Gasteiger partial charge in [0.15, 0.2) is 5.96 Å². The average Bonchev–Trinajstić information content (AvgIpc) is 2.80. The Kier molecular flexibility index (Phi) is 15.5. The van der Waals surface area contributed by atoms with Gasteiger partial charge in [0.05, 0.1) is 6.04 Å². The Morgan fingerprint density at radius 3 is 1.95 bits per heavy atom. The van der Waals surface area contributed by atoms with Crippen LogP contribution in [-0.2, 0) is 24.0 Å². The Morgan fingerprint density at radius 1 is 0.865 bits per heavy atom. The molecule has 14 nitrogen and oxygen atoms in total. The van der Waals surface area contributed by atoms with Crippen molar-refractivity contribution in [2.45, 2.75) is 90.4 Å². The fraction of sp³-hybridized carbons (Fsp3) is 0.739. The largest absolute Gasteiger partial charge is 0.480 e. The minimum atomic E-state index is -1.23. The Bertz CT molecular complexity index is 815. The maximum atomic E-state index is 13.2. The van der Waals surface area contributed by atoms with Gasteiger partial charge in [-0.15, -0.1) is 0 Å². The highest BCUT2D eigenvalue weighted by Gasteiger charge is 2.33. The molecule has 0 bridgehead atoms. The van der Waals surface area contributed by atoms with E-state index in [1.165, 1.54) is 0 Å². The molecule has 0 aromatic carbocycles. The van der Waals surface area contributed by atoms with Gasteiger partial charge in [0, 0.05) is 13.0 Å². The third kappa shape index (κ3) is 14.0. The molecule has 0 radical (unpaired) electrons. The fourth-order valence-corrected chi connectivity index (χ4v) is 3.39. The molecule has 4 amide bonds. The van der Waals surface area contributed by atoms with E-state index in [1.54, 1.807) is 6.92 Å². The van der Waals surface area contributed by atoms with Crippen molar-refractivity contribution >= 4 is 35.6 Å². The van der Waals surface area contributed by atoms with Crippen molar-refractivity contribution in [3.8, 4) is 0 Å². The van der Waals surface area contributed by atoms with Gasteiger partial charge in [-0.25, -0.2) is 4.79 Å². The number of nitrogens with zero attached hydrogens (tertiary/aromatic N) is 1. The second kappa shape index (κ2) is 17.1. The van der Waals surface area contributed by atoms with Gasteiger partial charge in [0.25, 0.3) is 0 Å². The molecule has 212 valence electrons. The van der Waals surface area contributed by atoms with E-state index >= 15 is 0 Å². The Morgan fingerprint density at radius 2 is 1.46 bits per heavy atom. The number of carbonyl (C=O) groups is 5. The van der Waals surface area contributed by atoms with E-state index in [9.17, 15) is 29.1 Å². The molecule has 0 aliphatic rings. The van der Waals surface area contributed by atoms with Gasteiger partial charge in [-0.05, 0) is 37.5 Å². The quantitative estimate of drug-likeness (QED) is 0.0569. The summed E-state index contributed by atoms with van der Waals surface area (Å²) in [6.45, 7) is 7.49. The molecule has 0 fully saturated rings. The number of hydrogen-bond donors (Lipinski definition) is 8. The number of amides is 4. The van der Waals surface area contributed by atoms with E-state index in [2.05, 4.69) is 20.9 Å². The van der Waals surface area contributed by atoms with E-state index in [4.69, 9.17) is 22.9 Å². The molecular weight excluding hydrogens is 484 g/mol. The molecule has 5 atom stereocenters. The van der Waals surface area contributed by atoms with Crippen molar-refractivity contribution in [2.24, 2.45) is 39.8 Å². The molecule has 0 spiro atoms. The maximum absolute atomic E-state index is 13.2. The number of nitrogens with one attached hydrogen (secondary N) is 3. The lowest BCUT2D eigenvalue weighted by molar-refractivity contribution is -0.143. The van der Waals surface area contributed by atoms with Crippen LogP contribution in [0.1, 0.15) is 66.2 Å². The van der Waals surface area contributed by atoms with Crippen LogP contribution in [0.4, 0.5) is 0 Å². The number of aliphatic imine (C=N–C) groups is 1. The summed E-state index contributed by atoms with van der Waals surface area (Å²) in [6.07, 6.45) is 1.11. The summed E-state index contributed by atoms with van der Waals surface area (Å²) in [7, 11) is 0. The van der Waals surface area contributed by atoms with Gasteiger partial charge in [0.1, 0.15) is 18.1 Å². The summed E-state index contributed by atoms with van der Waals surface area (Å²) < 4.78 is 0. The molecular formula is C23H44N8O6. The number of guanidine groups is 1. The number of carboxylic acids is 1. The van der Waals surface area contributed by atoms with Crippen LogP contribution in [0.3, 0.4) is 0 Å². The zero-order valence-corrected chi connectivity index (χ0v) is 22.2. The number of primary amides is 1. The zero-order valence-electron chi connectivity index (χ0n) is 22.2. The van der Waals surface area contributed by atoms with E-state index < -0.39 is 53.8 Å². The summed E-state index contributed by atoms with van der Waals surface area (Å²) in [5, 5.41) is 17.3. The minimum absolute atomic E-state index is 0.00961. The molecule has 14 heteroatoms. The van der Waals surface area contributed by atoms with Crippen molar-refractivity contribution < 1.29 is 29.1 Å². The first-order valence-corrected chi connectivity index (χ1v) is 12.4. The average molecular weight is 529 g/mol. The predicted octanol–water partition coefficient (Wildman–Crippen LogP) is -1.74. The summed E-state index contributed by atoms with van der Waals surface area (Å²) in [6, 6.07) is -4.30. The van der Waals surface area contributed by atoms with E-state index in [1.807, 2.05) is 20.8 Å². The first-order chi connectivity index (χ1) is 17.2. The lowest BCUT2D eigenvalue weighted by atomic mass is 9.96. The Balaban J connectivity index is 5.50. The molecule has 0 saturated carbocycles. The summed E-state index contributed by atoms with van der Waals surface area (Å²) in [4.78, 5) is 65.2. The van der Waals surface area contributed by atoms with Crippen molar-refractivity contribution in [1.82, 2.24) is 16.0 Å². The van der Waals surface area contributed by atoms with Crippen LogP contribution in [0.25, 0.3) is 0 Å². The normalized spacial score (nSPS) is 15.0. The molecule has 0 aliphatic carbocycles. The van der Waals surface area contributed by atoms with Crippen LogP contribution in [0, 0.1) is 11.8 Å². The van der Waals surface area contributed by atoms with Gasteiger partial charge in [0.2, 0.25) is 23.6 Å². The lowest BCUT2D eigenvalue weighted by Gasteiger charge is -2.28.